The van der Waals surface area contributed by atoms with Crippen LogP contribution in [0.4, 0.5) is 0 Å². The van der Waals surface area contributed by atoms with Crippen LogP contribution < -0.4 is 0 Å². The lowest BCUT2D eigenvalue weighted by Crippen LogP contribution is -2.36. The molecule has 0 heterocycles. The summed E-state index contributed by atoms with van der Waals surface area (Å²) in [6, 6.07) is 0. The molecule has 0 spiro atoms. The van der Waals surface area contributed by atoms with Crippen LogP contribution in [0.1, 0.15) is 52.9 Å². The van der Waals surface area contributed by atoms with E-state index in [0.717, 1.165) is 0 Å². The quantitative estimate of drug-likeness (QED) is 0.685. The van der Waals surface area contributed by atoms with Gasteiger partial charge in [-0.2, -0.15) is 0 Å². The number of hydrogen-bond acceptors (Lipinski definition) is 1. The van der Waals surface area contributed by atoms with Gasteiger partial charge in [0.05, 0.1) is 6.10 Å². The van der Waals surface area contributed by atoms with Crippen molar-refractivity contribution in [2.24, 2.45) is 11.3 Å². The molecule has 0 unspecified atom stereocenters. The first-order valence-electron chi connectivity index (χ1n) is 5.90. The van der Waals surface area contributed by atoms with E-state index in [9.17, 15) is 5.11 Å². The Hall–Kier alpha value is -0.300. The van der Waals surface area contributed by atoms with Crippen LogP contribution in [0.3, 0.4) is 0 Å². The molecule has 1 atom stereocenters. The minimum atomic E-state index is -0.282. The van der Waals surface area contributed by atoms with Crippen molar-refractivity contribution in [3.63, 3.8) is 0 Å². The minimum Gasteiger partial charge on any atom is -0.388 e. The van der Waals surface area contributed by atoms with Gasteiger partial charge in [-0.15, -0.1) is 0 Å². The third kappa shape index (κ3) is 2.60. The average molecular weight is 196 g/mol. The summed E-state index contributed by atoms with van der Waals surface area (Å²) in [4.78, 5) is 0. The molecular weight excluding hydrogens is 172 g/mol. The minimum absolute atomic E-state index is 0.0485. The zero-order valence-corrected chi connectivity index (χ0v) is 9.79. The molecule has 0 saturated heterocycles. The Balaban J connectivity index is 2.61. The Morgan fingerprint density at radius 1 is 1.21 bits per heavy atom. The van der Waals surface area contributed by atoms with Gasteiger partial charge < -0.3 is 5.11 Å². The van der Waals surface area contributed by atoms with Gasteiger partial charge in [0, 0.05) is 0 Å². The molecular formula is C13H24O. The second kappa shape index (κ2) is 4.97. The van der Waals surface area contributed by atoms with E-state index < -0.39 is 0 Å². The molecule has 82 valence electrons. The molecule has 1 fully saturated rings. The highest BCUT2D eigenvalue weighted by Crippen LogP contribution is 2.40. The van der Waals surface area contributed by atoms with Crippen molar-refractivity contribution in [2.45, 2.75) is 59.0 Å². The lowest BCUT2D eigenvalue weighted by atomic mass is 9.68. The van der Waals surface area contributed by atoms with Gasteiger partial charge in [-0.1, -0.05) is 45.3 Å². The van der Waals surface area contributed by atoms with Gasteiger partial charge in [-0.05, 0) is 31.1 Å². The molecule has 1 rings (SSSR count). The van der Waals surface area contributed by atoms with Crippen LogP contribution in [0.5, 0.6) is 0 Å². The molecule has 1 aliphatic carbocycles. The van der Waals surface area contributed by atoms with Crippen molar-refractivity contribution in [1.82, 2.24) is 0 Å². The van der Waals surface area contributed by atoms with Crippen LogP contribution in [-0.2, 0) is 0 Å². The van der Waals surface area contributed by atoms with Crippen LogP contribution in [0, 0.1) is 11.3 Å². The van der Waals surface area contributed by atoms with Gasteiger partial charge in [-0.25, -0.2) is 0 Å². The van der Waals surface area contributed by atoms with Crippen LogP contribution >= 0.6 is 0 Å². The third-order valence-electron chi connectivity index (χ3n) is 3.79. The number of allylic oxidation sites excluding steroid dienone is 1. The summed E-state index contributed by atoms with van der Waals surface area (Å²) in [6.07, 6.45) is 10.3. The highest BCUT2D eigenvalue weighted by Gasteiger charge is 2.35. The molecule has 14 heavy (non-hydrogen) atoms. The van der Waals surface area contributed by atoms with E-state index in [1.807, 2.05) is 19.1 Å². The largest absolute Gasteiger partial charge is 0.388 e. The smallest absolute Gasteiger partial charge is 0.0774 e. The zero-order chi connectivity index (χ0) is 10.6. The second-order valence-corrected chi connectivity index (χ2v) is 5.13. The third-order valence-corrected chi connectivity index (χ3v) is 3.79. The molecule has 0 aliphatic heterocycles. The fraction of sp³-hybridized carbons (Fsp3) is 0.846. The molecule has 1 saturated carbocycles. The molecule has 0 aromatic rings. The van der Waals surface area contributed by atoms with Crippen LogP contribution in [-0.4, -0.2) is 11.2 Å². The van der Waals surface area contributed by atoms with E-state index >= 15 is 0 Å². The first-order chi connectivity index (χ1) is 6.59. The topological polar surface area (TPSA) is 20.2 Å². The predicted octanol–water partition coefficient (Wildman–Crippen LogP) is 3.53. The molecule has 1 nitrogen and oxygen atoms in total. The molecule has 0 amide bonds. The van der Waals surface area contributed by atoms with E-state index in [1.54, 1.807) is 0 Å². The summed E-state index contributed by atoms with van der Waals surface area (Å²) >= 11 is 0. The van der Waals surface area contributed by atoms with Crippen LogP contribution in [0.15, 0.2) is 12.2 Å². The number of hydrogen-bond donors (Lipinski definition) is 1. The summed E-state index contributed by atoms with van der Waals surface area (Å²) in [7, 11) is 0. The van der Waals surface area contributed by atoms with E-state index in [0.29, 0.717) is 5.92 Å². The Labute approximate surface area is 88.2 Å². The highest BCUT2D eigenvalue weighted by atomic mass is 16.3. The second-order valence-electron chi connectivity index (χ2n) is 5.13. The van der Waals surface area contributed by atoms with Crippen LogP contribution in [0.2, 0.25) is 0 Å². The monoisotopic (exact) mass is 196 g/mol. The summed E-state index contributed by atoms with van der Waals surface area (Å²) in [5, 5.41) is 10.0. The molecule has 1 aliphatic rings. The van der Waals surface area contributed by atoms with Gasteiger partial charge in [0.1, 0.15) is 0 Å². The van der Waals surface area contributed by atoms with Crippen molar-refractivity contribution in [3.05, 3.63) is 12.2 Å². The fourth-order valence-corrected chi connectivity index (χ4v) is 2.52. The Kier molecular flexibility index (Phi) is 4.18. The zero-order valence-electron chi connectivity index (χ0n) is 9.79. The standard InChI is InChI=1S/C13H24O/c1-4-8-12(14)13(2,3)11-9-6-5-7-10-11/h4,8,11-12,14H,5-7,9-10H2,1-3H3/b8-4+/t12-/m1/s1. The first kappa shape index (κ1) is 11.8. The van der Waals surface area contributed by atoms with Gasteiger partial charge >= 0.3 is 0 Å². The van der Waals surface area contributed by atoms with Gasteiger partial charge in [-0.3, -0.25) is 0 Å². The summed E-state index contributed by atoms with van der Waals surface area (Å²) in [5.74, 6) is 0.697. The Bertz CT molecular complexity index is 187. The van der Waals surface area contributed by atoms with Gasteiger partial charge in [0.25, 0.3) is 0 Å². The van der Waals surface area contributed by atoms with Crippen LogP contribution in [0.25, 0.3) is 0 Å². The summed E-state index contributed by atoms with van der Waals surface area (Å²) in [5.41, 5.74) is 0.0485. The Morgan fingerprint density at radius 2 is 1.79 bits per heavy atom. The maximum atomic E-state index is 10.0. The van der Waals surface area contributed by atoms with Gasteiger partial charge in [0.15, 0.2) is 0 Å². The number of aliphatic hydroxyl groups excluding tert-OH is 1. The fourth-order valence-electron chi connectivity index (χ4n) is 2.52. The summed E-state index contributed by atoms with van der Waals surface area (Å²) < 4.78 is 0. The first-order valence-corrected chi connectivity index (χ1v) is 5.90. The van der Waals surface area contributed by atoms with E-state index in [-0.39, 0.29) is 11.5 Å². The van der Waals surface area contributed by atoms with E-state index in [4.69, 9.17) is 0 Å². The normalized spacial score (nSPS) is 22.9. The predicted molar refractivity (Wildman–Crippen MR) is 61.2 cm³/mol. The SMILES string of the molecule is C/C=C/[C@@H](O)C(C)(C)C1CCCCC1. The van der Waals surface area contributed by atoms with Crippen molar-refractivity contribution < 1.29 is 5.11 Å². The molecule has 0 aromatic heterocycles. The maximum absolute atomic E-state index is 10.0. The molecule has 0 radical (unpaired) electrons. The Morgan fingerprint density at radius 3 is 2.29 bits per heavy atom. The maximum Gasteiger partial charge on any atom is 0.0774 e. The highest BCUT2D eigenvalue weighted by molar-refractivity contribution is 4.97. The van der Waals surface area contributed by atoms with Crippen molar-refractivity contribution in [2.75, 3.05) is 0 Å². The molecule has 0 bridgehead atoms. The number of rotatable bonds is 3. The number of aliphatic hydroxyl groups is 1. The van der Waals surface area contributed by atoms with E-state index in [1.165, 1.54) is 32.1 Å². The lowest BCUT2D eigenvalue weighted by molar-refractivity contribution is 0.0237. The lowest BCUT2D eigenvalue weighted by Gasteiger charge is -2.39. The van der Waals surface area contributed by atoms with Crippen molar-refractivity contribution in [1.29, 1.82) is 0 Å². The van der Waals surface area contributed by atoms with Crippen molar-refractivity contribution >= 4 is 0 Å². The molecule has 1 N–H and O–H groups in total. The van der Waals surface area contributed by atoms with E-state index in [2.05, 4.69) is 13.8 Å². The molecule has 1 heteroatoms. The molecule has 0 aromatic carbocycles. The summed E-state index contributed by atoms with van der Waals surface area (Å²) in [6.45, 7) is 6.38. The van der Waals surface area contributed by atoms with Crippen molar-refractivity contribution in [3.8, 4) is 0 Å². The average Bonchev–Trinajstić information content (AvgIpc) is 2.19. The van der Waals surface area contributed by atoms with Gasteiger partial charge in [0.2, 0.25) is 0 Å².